The maximum absolute atomic E-state index is 12.4. The molecule has 1 aromatic carbocycles. The minimum Gasteiger partial charge on any atom is -0.461 e. The lowest BCUT2D eigenvalue weighted by Crippen LogP contribution is -1.95. The molecule has 4 aromatic heterocycles. The third-order valence-electron chi connectivity index (χ3n) is 5.11. The lowest BCUT2D eigenvalue weighted by molar-refractivity contribution is 0.101. The molecule has 0 fully saturated rings. The van der Waals surface area contributed by atoms with Gasteiger partial charge in [0.15, 0.2) is 11.5 Å². The van der Waals surface area contributed by atoms with Gasteiger partial charge in [-0.3, -0.25) is 9.59 Å². The first kappa shape index (κ1) is 27.3. The fraction of sp³-hybridized carbons (Fsp3) is 0.0714. The number of carbonyl (C=O) groups excluding carboxylic acids is 2. The number of furan rings is 2. The molecule has 0 aliphatic heterocycles. The molecule has 5 rings (SSSR count). The number of rotatable bonds is 7. The van der Waals surface area contributed by atoms with Gasteiger partial charge in [-0.1, -0.05) is 23.7 Å². The van der Waals surface area contributed by atoms with Gasteiger partial charge >= 0.3 is 0 Å². The minimum atomic E-state index is -0.165. The highest BCUT2D eigenvalue weighted by Gasteiger charge is 2.20. The van der Waals surface area contributed by atoms with E-state index in [9.17, 15) is 9.59 Å². The molecule has 0 radical (unpaired) electrons. The summed E-state index contributed by atoms with van der Waals surface area (Å²) >= 11 is 11.9. The minimum absolute atomic E-state index is 0.146. The molecule has 6 nitrogen and oxygen atoms in total. The monoisotopic (exact) mass is 622 g/mol. The van der Waals surface area contributed by atoms with Crippen LogP contribution in [0.4, 0.5) is 0 Å². The van der Waals surface area contributed by atoms with E-state index < -0.39 is 0 Å². The van der Waals surface area contributed by atoms with E-state index >= 15 is 0 Å². The molecular formula is C28H16BrClN2O4S2. The normalized spacial score (nSPS) is 10.2. The molecule has 188 valence electrons. The molecule has 0 aliphatic rings. The van der Waals surface area contributed by atoms with Crippen LogP contribution in [0, 0.1) is 13.1 Å². The second kappa shape index (κ2) is 12.7. The molecule has 0 atom stereocenters. The Labute approximate surface area is 239 Å². The van der Waals surface area contributed by atoms with Crippen molar-refractivity contribution in [3.8, 4) is 10.4 Å². The predicted molar refractivity (Wildman–Crippen MR) is 152 cm³/mol. The molecule has 10 heteroatoms. The quantitative estimate of drug-likeness (QED) is 0.134. The van der Waals surface area contributed by atoms with Gasteiger partial charge in [-0.05, 0) is 70.0 Å². The molecular weight excluding hydrogens is 608 g/mol. The van der Waals surface area contributed by atoms with E-state index in [1.165, 1.54) is 35.2 Å². The van der Waals surface area contributed by atoms with Gasteiger partial charge in [0.05, 0.1) is 31.6 Å². The van der Waals surface area contributed by atoms with Crippen LogP contribution in [0.3, 0.4) is 0 Å². The van der Waals surface area contributed by atoms with Crippen molar-refractivity contribution in [3.63, 3.8) is 0 Å². The summed E-state index contributed by atoms with van der Waals surface area (Å²) in [5.74, 6) is 0.315. The van der Waals surface area contributed by atoms with E-state index in [0.29, 0.717) is 26.3 Å². The standard InChI is InChI=1S/C17H10ClNO2S.C11H6BrNO2S/c1-19-10-12-9-15(16(20)14-3-2-8-21-14)22-17(12)11-4-6-13(18)7-5-11;1-13-6-7-5-9(16-11(7)12)10(14)8-3-2-4-15-8/h2-9H,10H2;2-5H,6H2. The van der Waals surface area contributed by atoms with Crippen molar-refractivity contribution in [2.75, 3.05) is 0 Å². The van der Waals surface area contributed by atoms with E-state index in [-0.39, 0.29) is 24.7 Å². The highest BCUT2D eigenvalue weighted by atomic mass is 79.9. The Kier molecular flexibility index (Phi) is 9.11. The topological polar surface area (TPSA) is 69.1 Å². The van der Waals surface area contributed by atoms with Crippen molar-refractivity contribution < 1.29 is 18.4 Å². The summed E-state index contributed by atoms with van der Waals surface area (Å²) in [7, 11) is 0. The van der Waals surface area contributed by atoms with Crippen molar-refractivity contribution in [2.24, 2.45) is 0 Å². The summed E-state index contributed by atoms with van der Waals surface area (Å²) in [5, 5.41) is 0.652. The third-order valence-corrected chi connectivity index (χ3v) is 8.55. The SMILES string of the molecule is [C-]#[N+]Cc1cc(C(=O)c2ccco2)sc1-c1ccc(Cl)cc1.[C-]#[N+]Cc1cc(C(=O)c2ccco2)sc1Br. The van der Waals surface area contributed by atoms with Gasteiger partial charge in [-0.25, -0.2) is 13.1 Å². The van der Waals surface area contributed by atoms with Crippen LogP contribution < -0.4 is 0 Å². The molecule has 0 saturated carbocycles. The zero-order valence-electron chi connectivity index (χ0n) is 19.4. The first-order chi connectivity index (χ1) is 18.4. The first-order valence-corrected chi connectivity index (χ1v) is 13.7. The molecule has 0 N–H and O–H groups in total. The Balaban J connectivity index is 0.000000186. The number of carbonyl (C=O) groups is 2. The lowest BCUT2D eigenvalue weighted by Gasteiger charge is -1.99. The summed E-state index contributed by atoms with van der Waals surface area (Å²) in [6, 6.07) is 17.5. The number of ketones is 2. The maximum atomic E-state index is 12.4. The van der Waals surface area contributed by atoms with E-state index in [1.54, 1.807) is 48.5 Å². The van der Waals surface area contributed by atoms with Crippen LogP contribution in [0.25, 0.3) is 20.1 Å². The third kappa shape index (κ3) is 6.39. The van der Waals surface area contributed by atoms with Crippen LogP contribution in [0.15, 0.2) is 85.8 Å². The van der Waals surface area contributed by atoms with Crippen molar-refractivity contribution in [1.29, 1.82) is 0 Å². The van der Waals surface area contributed by atoms with Crippen LogP contribution in [-0.2, 0) is 13.1 Å². The van der Waals surface area contributed by atoms with Crippen LogP contribution in [0.2, 0.25) is 5.02 Å². The van der Waals surface area contributed by atoms with Gasteiger partial charge < -0.3 is 18.5 Å². The first-order valence-electron chi connectivity index (χ1n) is 10.9. The molecule has 0 unspecified atom stereocenters. The Morgan fingerprint density at radius 1 is 0.816 bits per heavy atom. The molecule has 5 aromatic rings. The molecule has 0 spiro atoms. The Bertz CT molecular complexity index is 1640. The van der Waals surface area contributed by atoms with Crippen LogP contribution in [-0.4, -0.2) is 11.6 Å². The summed E-state index contributed by atoms with van der Waals surface area (Å²) < 4.78 is 11.0. The molecule has 0 aliphatic carbocycles. The smallest absolute Gasteiger partial charge is 0.241 e. The number of hydrogen-bond donors (Lipinski definition) is 0. The summed E-state index contributed by atoms with van der Waals surface area (Å²) in [6.45, 7) is 14.4. The van der Waals surface area contributed by atoms with Gasteiger partial charge in [0.25, 0.3) is 0 Å². The van der Waals surface area contributed by atoms with Gasteiger partial charge in [0.1, 0.15) is 0 Å². The lowest BCUT2D eigenvalue weighted by atomic mass is 10.1. The molecule has 4 heterocycles. The summed E-state index contributed by atoms with van der Waals surface area (Å²) in [5.41, 5.74) is 2.64. The van der Waals surface area contributed by atoms with E-state index in [1.807, 2.05) is 12.1 Å². The Morgan fingerprint density at radius 2 is 1.34 bits per heavy atom. The highest BCUT2D eigenvalue weighted by Crippen LogP contribution is 2.35. The second-order valence-corrected chi connectivity index (χ2v) is 11.5. The van der Waals surface area contributed by atoms with E-state index in [2.05, 4.69) is 25.6 Å². The Hall–Kier alpha value is -3.73. The van der Waals surface area contributed by atoms with Crippen LogP contribution in [0.5, 0.6) is 0 Å². The van der Waals surface area contributed by atoms with Gasteiger partial charge in [-0.15, -0.1) is 22.7 Å². The van der Waals surface area contributed by atoms with Crippen LogP contribution in [0.1, 0.15) is 42.0 Å². The average Bonchev–Trinajstić information content (AvgIpc) is 3.73. The average molecular weight is 624 g/mol. The zero-order valence-corrected chi connectivity index (χ0v) is 23.4. The molecule has 0 amide bonds. The van der Waals surface area contributed by atoms with Crippen LogP contribution >= 0.6 is 50.2 Å². The molecule has 0 bridgehead atoms. The van der Waals surface area contributed by atoms with Crippen molar-refractivity contribution in [3.05, 3.63) is 137 Å². The largest absolute Gasteiger partial charge is 0.461 e. The fourth-order valence-corrected chi connectivity index (χ4v) is 6.21. The van der Waals surface area contributed by atoms with Gasteiger partial charge in [0, 0.05) is 15.5 Å². The Morgan fingerprint density at radius 3 is 1.87 bits per heavy atom. The number of benzene rings is 1. The van der Waals surface area contributed by atoms with Gasteiger partial charge in [0.2, 0.25) is 24.7 Å². The predicted octanol–water partition coefficient (Wildman–Crippen LogP) is 9.07. The summed E-state index contributed by atoms with van der Waals surface area (Å²) in [4.78, 5) is 33.1. The summed E-state index contributed by atoms with van der Waals surface area (Å²) in [6.07, 6.45) is 2.94. The van der Waals surface area contributed by atoms with E-state index in [0.717, 1.165) is 25.4 Å². The number of hydrogen-bond acceptors (Lipinski definition) is 6. The fourth-order valence-electron chi connectivity index (χ4n) is 3.36. The maximum Gasteiger partial charge on any atom is 0.241 e. The van der Waals surface area contributed by atoms with Gasteiger partial charge in [-0.2, -0.15) is 0 Å². The molecule has 38 heavy (non-hydrogen) atoms. The second-order valence-electron chi connectivity index (χ2n) is 7.63. The molecule has 0 saturated heterocycles. The zero-order chi connectivity index (χ0) is 27.1. The van der Waals surface area contributed by atoms with Crippen molar-refractivity contribution >= 4 is 61.8 Å². The highest BCUT2D eigenvalue weighted by molar-refractivity contribution is 9.11. The number of halogens is 2. The number of thiophene rings is 2. The van der Waals surface area contributed by atoms with E-state index in [4.69, 9.17) is 33.6 Å². The number of nitrogens with zero attached hydrogens (tertiary/aromatic N) is 2. The van der Waals surface area contributed by atoms with Crippen molar-refractivity contribution in [1.82, 2.24) is 0 Å². The van der Waals surface area contributed by atoms with Crippen molar-refractivity contribution in [2.45, 2.75) is 13.1 Å².